The Morgan fingerprint density at radius 1 is 0.968 bits per heavy atom. The van der Waals surface area contributed by atoms with Gasteiger partial charge in [-0.2, -0.15) is 0 Å². The lowest BCUT2D eigenvalue weighted by atomic mass is 9.95. The van der Waals surface area contributed by atoms with Gasteiger partial charge in [-0.15, -0.1) is 11.3 Å². The summed E-state index contributed by atoms with van der Waals surface area (Å²) in [4.78, 5) is 26.0. The molecule has 0 atom stereocenters. The lowest BCUT2D eigenvalue weighted by Crippen LogP contribution is -2.34. The van der Waals surface area contributed by atoms with Crippen LogP contribution in [0.3, 0.4) is 0 Å². The van der Waals surface area contributed by atoms with Crippen LogP contribution in [0.4, 0.5) is 5.00 Å². The third-order valence-corrected chi connectivity index (χ3v) is 7.05. The highest BCUT2D eigenvalue weighted by Gasteiger charge is 2.26. The Morgan fingerprint density at radius 2 is 1.61 bits per heavy atom. The Morgan fingerprint density at radius 3 is 2.29 bits per heavy atom. The lowest BCUT2D eigenvalue weighted by Gasteiger charge is -2.13. The first-order chi connectivity index (χ1) is 15.1. The topological polar surface area (TPSA) is 67.4 Å². The average Bonchev–Trinajstić information content (AvgIpc) is 3.10. The van der Waals surface area contributed by atoms with Gasteiger partial charge in [0.1, 0.15) is 5.00 Å². The molecule has 31 heavy (non-hydrogen) atoms. The largest absolute Gasteiger partial charge is 0.462 e. The normalized spacial score (nSPS) is 12.8. The van der Waals surface area contributed by atoms with Crippen LogP contribution in [0.25, 0.3) is 0 Å². The van der Waals surface area contributed by atoms with Crippen LogP contribution in [-0.4, -0.2) is 23.6 Å². The number of thiocarbonyl (C=S) groups is 1. The van der Waals surface area contributed by atoms with Crippen molar-refractivity contribution in [1.29, 1.82) is 0 Å². The van der Waals surface area contributed by atoms with Crippen LogP contribution in [0.1, 0.15) is 112 Å². The van der Waals surface area contributed by atoms with Gasteiger partial charge < -0.3 is 15.4 Å². The molecule has 7 heteroatoms. The fourth-order valence-electron chi connectivity index (χ4n) is 3.99. The monoisotopic (exact) mass is 466 g/mol. The van der Waals surface area contributed by atoms with Gasteiger partial charge in [0, 0.05) is 11.3 Å². The summed E-state index contributed by atoms with van der Waals surface area (Å²) in [6, 6.07) is 0. The SMILES string of the molecule is CCCCCCCCCCCC(=O)NC(=S)Nc1sc2c(c1C(=O)OCC)CCCC2. The summed E-state index contributed by atoms with van der Waals surface area (Å²) < 4.78 is 5.27. The number of aryl methyl sites for hydroxylation is 1. The number of hydrogen-bond acceptors (Lipinski definition) is 5. The summed E-state index contributed by atoms with van der Waals surface area (Å²) >= 11 is 6.90. The van der Waals surface area contributed by atoms with Crippen molar-refractivity contribution in [3.63, 3.8) is 0 Å². The molecule has 1 amide bonds. The molecule has 0 aliphatic heterocycles. The number of unbranched alkanes of at least 4 members (excludes halogenated alkanes) is 8. The zero-order valence-corrected chi connectivity index (χ0v) is 20.8. The minimum absolute atomic E-state index is 0.0700. The number of fused-ring (bicyclic) bond motifs is 1. The summed E-state index contributed by atoms with van der Waals surface area (Å²) in [5.74, 6) is -0.382. The molecular weight excluding hydrogens is 428 g/mol. The van der Waals surface area contributed by atoms with Crippen LogP contribution in [-0.2, 0) is 22.4 Å². The van der Waals surface area contributed by atoms with Gasteiger partial charge in [-0.05, 0) is 56.8 Å². The summed E-state index contributed by atoms with van der Waals surface area (Å²) in [6.07, 6.45) is 15.5. The summed E-state index contributed by atoms with van der Waals surface area (Å²) in [6.45, 7) is 4.38. The Balaban J connectivity index is 1.75. The number of hydrogen-bond donors (Lipinski definition) is 2. The van der Waals surface area contributed by atoms with E-state index in [1.807, 2.05) is 0 Å². The van der Waals surface area contributed by atoms with Crippen molar-refractivity contribution in [2.24, 2.45) is 0 Å². The maximum Gasteiger partial charge on any atom is 0.341 e. The van der Waals surface area contributed by atoms with Crippen LogP contribution in [0.2, 0.25) is 0 Å². The van der Waals surface area contributed by atoms with Crippen molar-refractivity contribution in [2.45, 2.75) is 104 Å². The zero-order chi connectivity index (χ0) is 22.5. The number of rotatable bonds is 13. The minimum atomic E-state index is -0.312. The van der Waals surface area contributed by atoms with Gasteiger partial charge in [-0.1, -0.05) is 58.3 Å². The predicted molar refractivity (Wildman–Crippen MR) is 133 cm³/mol. The molecule has 1 aliphatic carbocycles. The van der Waals surface area contributed by atoms with Crippen molar-refractivity contribution >= 4 is 45.5 Å². The highest BCUT2D eigenvalue weighted by Crippen LogP contribution is 2.38. The molecule has 2 N–H and O–H groups in total. The molecule has 1 heterocycles. The van der Waals surface area contributed by atoms with Crippen LogP contribution >= 0.6 is 23.6 Å². The van der Waals surface area contributed by atoms with Crippen molar-refractivity contribution in [3.8, 4) is 0 Å². The first-order valence-corrected chi connectivity index (χ1v) is 13.2. The third kappa shape index (κ3) is 8.89. The molecule has 0 bridgehead atoms. The minimum Gasteiger partial charge on any atom is -0.462 e. The van der Waals surface area contributed by atoms with E-state index < -0.39 is 0 Å². The molecule has 0 saturated heterocycles. The van der Waals surface area contributed by atoms with Gasteiger partial charge in [0.15, 0.2) is 5.11 Å². The number of nitrogens with one attached hydrogen (secondary N) is 2. The van der Waals surface area contributed by atoms with E-state index in [2.05, 4.69) is 17.6 Å². The molecule has 5 nitrogen and oxygen atoms in total. The first-order valence-electron chi connectivity index (χ1n) is 12.0. The summed E-state index contributed by atoms with van der Waals surface area (Å²) in [5, 5.41) is 6.81. The Bertz CT molecular complexity index is 731. The molecule has 174 valence electrons. The quantitative estimate of drug-likeness (QED) is 0.196. The van der Waals surface area contributed by atoms with E-state index in [0.29, 0.717) is 23.6 Å². The average molecular weight is 467 g/mol. The van der Waals surface area contributed by atoms with Crippen LogP contribution in [0, 0.1) is 0 Å². The molecule has 0 aromatic carbocycles. The number of amides is 1. The molecule has 0 unspecified atom stereocenters. The van der Waals surface area contributed by atoms with E-state index in [4.69, 9.17) is 17.0 Å². The second kappa shape index (κ2) is 14.6. The second-order valence-corrected chi connectivity index (χ2v) is 9.73. The molecule has 0 saturated carbocycles. The van der Waals surface area contributed by atoms with Crippen molar-refractivity contribution < 1.29 is 14.3 Å². The van der Waals surface area contributed by atoms with Crippen molar-refractivity contribution in [1.82, 2.24) is 5.32 Å². The Labute approximate surface area is 196 Å². The highest BCUT2D eigenvalue weighted by atomic mass is 32.1. The molecular formula is C24H38N2O3S2. The Kier molecular flexibility index (Phi) is 12.1. The molecule has 1 aromatic rings. The molecule has 1 aromatic heterocycles. The van der Waals surface area contributed by atoms with Gasteiger partial charge in [0.25, 0.3) is 0 Å². The van der Waals surface area contributed by atoms with Crippen LogP contribution in [0.5, 0.6) is 0 Å². The number of esters is 1. The third-order valence-electron chi connectivity index (χ3n) is 5.64. The molecule has 1 aliphatic rings. The second-order valence-electron chi connectivity index (χ2n) is 8.22. The van der Waals surface area contributed by atoms with E-state index in [9.17, 15) is 9.59 Å². The van der Waals surface area contributed by atoms with Crippen LogP contribution < -0.4 is 10.6 Å². The Hall–Kier alpha value is -1.47. The maximum atomic E-state index is 12.5. The standard InChI is InChI=1S/C24H38N2O3S2/c1-3-5-6-7-8-9-10-11-12-17-20(27)25-24(30)26-22-21(23(28)29-4-2)18-15-13-14-16-19(18)31-22/h3-17H2,1-2H3,(H2,25,26,27,30). The lowest BCUT2D eigenvalue weighted by molar-refractivity contribution is -0.119. The summed E-state index contributed by atoms with van der Waals surface area (Å²) in [7, 11) is 0. The number of ether oxygens (including phenoxy) is 1. The first kappa shape index (κ1) is 25.8. The number of carbonyl (C=O) groups is 2. The number of carbonyl (C=O) groups excluding carboxylic acids is 2. The van der Waals surface area contributed by atoms with E-state index in [-0.39, 0.29) is 17.0 Å². The van der Waals surface area contributed by atoms with E-state index in [1.165, 1.54) is 49.8 Å². The summed E-state index contributed by atoms with van der Waals surface area (Å²) in [5.41, 5.74) is 1.68. The molecule has 0 spiro atoms. The van der Waals surface area contributed by atoms with Crippen molar-refractivity contribution in [2.75, 3.05) is 11.9 Å². The fraction of sp³-hybridized carbons (Fsp3) is 0.708. The number of thiophene rings is 1. The van der Waals surface area contributed by atoms with Crippen LogP contribution in [0.15, 0.2) is 0 Å². The van der Waals surface area contributed by atoms with E-state index in [1.54, 1.807) is 18.3 Å². The van der Waals surface area contributed by atoms with Gasteiger partial charge in [-0.25, -0.2) is 4.79 Å². The van der Waals surface area contributed by atoms with Crippen molar-refractivity contribution in [3.05, 3.63) is 16.0 Å². The highest BCUT2D eigenvalue weighted by molar-refractivity contribution is 7.80. The number of anilines is 1. The molecule has 0 fully saturated rings. The predicted octanol–water partition coefficient (Wildman–Crippen LogP) is 6.54. The molecule has 0 radical (unpaired) electrons. The zero-order valence-electron chi connectivity index (χ0n) is 19.1. The van der Waals surface area contributed by atoms with Gasteiger partial charge in [0.2, 0.25) is 5.91 Å². The van der Waals surface area contributed by atoms with Gasteiger partial charge in [0.05, 0.1) is 12.2 Å². The van der Waals surface area contributed by atoms with E-state index in [0.717, 1.165) is 44.1 Å². The van der Waals surface area contributed by atoms with Gasteiger partial charge in [-0.3, -0.25) is 4.79 Å². The smallest absolute Gasteiger partial charge is 0.341 e. The van der Waals surface area contributed by atoms with E-state index >= 15 is 0 Å². The fourth-order valence-corrected chi connectivity index (χ4v) is 5.56. The maximum absolute atomic E-state index is 12.5. The van der Waals surface area contributed by atoms with Gasteiger partial charge >= 0.3 is 5.97 Å². The molecule has 2 rings (SSSR count).